The van der Waals surface area contributed by atoms with Crippen molar-refractivity contribution >= 4 is 11.8 Å². The minimum absolute atomic E-state index is 0.0218. The van der Waals surface area contributed by atoms with Gasteiger partial charge >= 0.3 is 0 Å². The fraction of sp³-hybridized carbons (Fsp3) is 0.857. The van der Waals surface area contributed by atoms with Crippen molar-refractivity contribution in [1.82, 2.24) is 19.9 Å². The number of aliphatic hydroxyl groups is 1. The molecule has 0 aliphatic carbocycles. The second-order valence-corrected chi connectivity index (χ2v) is 6.99. The van der Waals surface area contributed by atoms with Gasteiger partial charge in [0.25, 0.3) is 0 Å². The van der Waals surface area contributed by atoms with Gasteiger partial charge in [-0.05, 0) is 51.1 Å². The molecule has 1 aliphatic rings. The second-order valence-electron chi connectivity index (χ2n) is 5.71. The highest BCUT2D eigenvalue weighted by Gasteiger charge is 2.20. The summed E-state index contributed by atoms with van der Waals surface area (Å²) in [5.41, 5.74) is 0.661. The molecular formula is C14H26N4OS. The topological polar surface area (TPSA) is 54.2 Å². The summed E-state index contributed by atoms with van der Waals surface area (Å²) in [6.45, 7) is 6.85. The number of hydrogen-bond acceptors (Lipinski definition) is 5. The predicted octanol–water partition coefficient (Wildman–Crippen LogP) is 1.62. The quantitative estimate of drug-likeness (QED) is 0.829. The van der Waals surface area contributed by atoms with Crippen LogP contribution in [-0.2, 0) is 13.2 Å². The van der Waals surface area contributed by atoms with E-state index in [0.29, 0.717) is 11.6 Å². The summed E-state index contributed by atoms with van der Waals surface area (Å²) in [6.07, 6.45) is 7.81. The normalized spacial score (nSPS) is 19.4. The fourth-order valence-electron chi connectivity index (χ4n) is 2.64. The van der Waals surface area contributed by atoms with Crippen LogP contribution in [0.4, 0.5) is 0 Å². The largest absolute Gasteiger partial charge is 0.390 e. The van der Waals surface area contributed by atoms with Crippen molar-refractivity contribution in [3.8, 4) is 0 Å². The molecule has 0 radical (unpaired) electrons. The first-order chi connectivity index (χ1) is 9.71. The predicted molar refractivity (Wildman–Crippen MR) is 82.7 cm³/mol. The summed E-state index contributed by atoms with van der Waals surface area (Å²) in [6, 6.07) is 0. The minimum Gasteiger partial charge on any atom is -0.390 e. The Morgan fingerprint density at radius 2 is 2.20 bits per heavy atom. The third-order valence-corrected chi connectivity index (χ3v) is 5.20. The van der Waals surface area contributed by atoms with Gasteiger partial charge in [-0.3, -0.25) is 4.68 Å². The van der Waals surface area contributed by atoms with Crippen molar-refractivity contribution in [3.05, 3.63) is 11.9 Å². The van der Waals surface area contributed by atoms with Crippen LogP contribution >= 0.6 is 11.8 Å². The Morgan fingerprint density at radius 1 is 1.45 bits per heavy atom. The van der Waals surface area contributed by atoms with E-state index in [1.165, 1.54) is 38.9 Å². The van der Waals surface area contributed by atoms with Gasteiger partial charge in [0.2, 0.25) is 0 Å². The monoisotopic (exact) mass is 298 g/mol. The molecule has 0 aromatic carbocycles. The van der Waals surface area contributed by atoms with Gasteiger partial charge in [-0.2, -0.15) is 11.8 Å². The summed E-state index contributed by atoms with van der Waals surface area (Å²) in [7, 11) is 0. The highest BCUT2D eigenvalue weighted by Crippen LogP contribution is 2.20. The average Bonchev–Trinajstić information content (AvgIpc) is 2.94. The van der Waals surface area contributed by atoms with E-state index in [9.17, 15) is 0 Å². The number of likely N-dealkylation sites (tertiary alicyclic amines) is 1. The zero-order valence-corrected chi connectivity index (χ0v) is 13.3. The molecule has 2 rings (SSSR count). The van der Waals surface area contributed by atoms with Gasteiger partial charge in [0, 0.05) is 11.8 Å². The number of thioether (sulfide) groups is 1. The Bertz CT molecular complexity index is 390. The van der Waals surface area contributed by atoms with E-state index in [2.05, 4.69) is 28.4 Å². The van der Waals surface area contributed by atoms with Crippen molar-refractivity contribution in [2.45, 2.75) is 44.6 Å². The molecule has 6 heteroatoms. The number of nitrogens with zero attached hydrogens (tertiary/aromatic N) is 4. The Kier molecular flexibility index (Phi) is 6.32. The van der Waals surface area contributed by atoms with Crippen LogP contribution in [0, 0.1) is 5.92 Å². The van der Waals surface area contributed by atoms with Crippen LogP contribution in [-0.4, -0.2) is 56.1 Å². The van der Waals surface area contributed by atoms with E-state index >= 15 is 0 Å². The van der Waals surface area contributed by atoms with Crippen LogP contribution in [0.2, 0.25) is 0 Å². The van der Waals surface area contributed by atoms with Crippen molar-refractivity contribution < 1.29 is 5.11 Å². The van der Waals surface area contributed by atoms with Crippen molar-refractivity contribution in [3.63, 3.8) is 0 Å². The molecular weight excluding hydrogens is 272 g/mol. The summed E-state index contributed by atoms with van der Waals surface area (Å²) in [5.74, 6) is 0.692. The lowest BCUT2D eigenvalue weighted by Gasteiger charge is -2.32. The maximum absolute atomic E-state index is 8.99. The van der Waals surface area contributed by atoms with Crippen LogP contribution in [0.3, 0.4) is 0 Å². The molecule has 20 heavy (non-hydrogen) atoms. The van der Waals surface area contributed by atoms with E-state index < -0.39 is 0 Å². The molecule has 114 valence electrons. The molecule has 1 aliphatic heterocycles. The lowest BCUT2D eigenvalue weighted by molar-refractivity contribution is 0.169. The maximum Gasteiger partial charge on any atom is 0.108 e. The van der Waals surface area contributed by atoms with Gasteiger partial charge in [-0.1, -0.05) is 12.1 Å². The highest BCUT2D eigenvalue weighted by molar-refractivity contribution is 7.99. The molecule has 0 amide bonds. The van der Waals surface area contributed by atoms with E-state index in [4.69, 9.17) is 5.11 Å². The summed E-state index contributed by atoms with van der Waals surface area (Å²) in [5, 5.41) is 17.7. The number of aliphatic hydroxyl groups excluding tert-OH is 1. The Labute approximate surface area is 125 Å². The van der Waals surface area contributed by atoms with E-state index in [1.807, 2.05) is 22.6 Å². The summed E-state index contributed by atoms with van der Waals surface area (Å²) < 4.78 is 1.88. The third kappa shape index (κ3) is 4.75. The minimum atomic E-state index is -0.0218. The average molecular weight is 298 g/mol. The van der Waals surface area contributed by atoms with Gasteiger partial charge in [0.05, 0.1) is 12.8 Å². The molecule has 1 aromatic heterocycles. The van der Waals surface area contributed by atoms with Gasteiger partial charge < -0.3 is 10.0 Å². The van der Waals surface area contributed by atoms with Gasteiger partial charge in [0.1, 0.15) is 5.69 Å². The summed E-state index contributed by atoms with van der Waals surface area (Å²) >= 11 is 1.95. The number of piperidine rings is 1. The van der Waals surface area contributed by atoms with Gasteiger partial charge in [0.15, 0.2) is 0 Å². The molecule has 5 nitrogen and oxygen atoms in total. The van der Waals surface area contributed by atoms with Crippen molar-refractivity contribution in [2.24, 2.45) is 5.92 Å². The van der Waals surface area contributed by atoms with Crippen LogP contribution in [0.5, 0.6) is 0 Å². The van der Waals surface area contributed by atoms with Crippen molar-refractivity contribution in [1.29, 1.82) is 0 Å². The molecule has 2 heterocycles. The Balaban J connectivity index is 1.68. The van der Waals surface area contributed by atoms with E-state index in [-0.39, 0.29) is 6.61 Å². The standard InChI is InChI=1S/C14H26N4OS/c1-12(20-2)3-6-17-7-4-13(5-8-17)9-18-10-14(11-19)15-16-18/h10,12-13,19H,3-9,11H2,1-2H3/t12-/m1/s1. The van der Waals surface area contributed by atoms with Crippen molar-refractivity contribution in [2.75, 3.05) is 25.9 Å². The maximum atomic E-state index is 8.99. The van der Waals surface area contributed by atoms with Crippen LogP contribution in [0.25, 0.3) is 0 Å². The van der Waals surface area contributed by atoms with Crippen LogP contribution < -0.4 is 0 Å². The van der Waals surface area contributed by atoms with E-state index in [0.717, 1.165) is 11.8 Å². The first kappa shape index (κ1) is 15.8. The zero-order chi connectivity index (χ0) is 14.4. The molecule has 1 atom stereocenters. The molecule has 1 aromatic rings. The zero-order valence-electron chi connectivity index (χ0n) is 12.5. The lowest BCUT2D eigenvalue weighted by Crippen LogP contribution is -2.36. The lowest BCUT2D eigenvalue weighted by atomic mass is 9.96. The van der Waals surface area contributed by atoms with Gasteiger partial charge in [-0.15, -0.1) is 5.10 Å². The first-order valence-corrected chi connectivity index (χ1v) is 8.75. The Hall–Kier alpha value is -0.590. The molecule has 0 spiro atoms. The first-order valence-electron chi connectivity index (χ1n) is 7.46. The molecule has 1 N–H and O–H groups in total. The molecule has 0 bridgehead atoms. The highest BCUT2D eigenvalue weighted by atomic mass is 32.2. The molecule has 0 saturated carbocycles. The van der Waals surface area contributed by atoms with Crippen LogP contribution in [0.15, 0.2) is 6.20 Å². The number of aromatic nitrogens is 3. The molecule has 1 saturated heterocycles. The fourth-order valence-corrected chi connectivity index (χ4v) is 2.98. The number of hydrogen-bond donors (Lipinski definition) is 1. The summed E-state index contributed by atoms with van der Waals surface area (Å²) in [4.78, 5) is 2.59. The van der Waals surface area contributed by atoms with Crippen LogP contribution in [0.1, 0.15) is 31.9 Å². The number of rotatable bonds is 7. The van der Waals surface area contributed by atoms with E-state index in [1.54, 1.807) is 0 Å². The Morgan fingerprint density at radius 3 is 2.80 bits per heavy atom. The second kappa shape index (κ2) is 8.00. The molecule has 1 fully saturated rings. The SMILES string of the molecule is CS[C@H](C)CCN1CCC(Cn2cc(CO)nn2)CC1. The van der Waals surface area contributed by atoms with Gasteiger partial charge in [-0.25, -0.2) is 0 Å². The molecule has 0 unspecified atom stereocenters. The third-order valence-electron chi connectivity index (χ3n) is 4.15. The smallest absolute Gasteiger partial charge is 0.108 e.